The molecule has 1 aromatic carbocycles. The third-order valence-corrected chi connectivity index (χ3v) is 3.23. The van der Waals surface area contributed by atoms with Gasteiger partial charge in [0, 0.05) is 11.6 Å². The third kappa shape index (κ3) is 3.82. The second-order valence-electron chi connectivity index (χ2n) is 6.11. The van der Waals surface area contributed by atoms with Crippen LogP contribution in [-0.2, 0) is 4.79 Å². The van der Waals surface area contributed by atoms with E-state index in [4.69, 9.17) is 10.2 Å². The molecule has 0 spiro atoms. The lowest BCUT2D eigenvalue weighted by Gasteiger charge is -2.14. The number of nitrogens with two attached hydrogens (primary N) is 1. The molecule has 1 aromatic heterocycles. The van der Waals surface area contributed by atoms with Gasteiger partial charge in [-0.2, -0.15) is 0 Å². The highest BCUT2D eigenvalue weighted by Crippen LogP contribution is 2.23. The number of hydrogen-bond donors (Lipinski definition) is 2. The Labute approximate surface area is 124 Å². The molecule has 0 saturated heterocycles. The van der Waals surface area contributed by atoms with Gasteiger partial charge in [-0.05, 0) is 30.5 Å². The molecule has 2 aromatic rings. The van der Waals surface area contributed by atoms with Crippen LogP contribution in [0.4, 0.5) is 5.69 Å². The Hall–Kier alpha value is -1.88. The van der Waals surface area contributed by atoms with Crippen LogP contribution in [0.5, 0.6) is 0 Å². The van der Waals surface area contributed by atoms with Crippen molar-refractivity contribution in [1.29, 1.82) is 0 Å². The van der Waals surface area contributed by atoms with Crippen molar-refractivity contribution in [2.45, 2.75) is 46.1 Å². The number of benzene rings is 1. The maximum absolute atomic E-state index is 12.0. The van der Waals surface area contributed by atoms with Crippen molar-refractivity contribution in [3.63, 3.8) is 0 Å². The van der Waals surface area contributed by atoms with Gasteiger partial charge in [0.05, 0.1) is 6.04 Å². The summed E-state index contributed by atoms with van der Waals surface area (Å²) >= 11 is 0. The van der Waals surface area contributed by atoms with Crippen molar-refractivity contribution in [2.24, 2.45) is 11.7 Å². The molecule has 114 valence electrons. The summed E-state index contributed by atoms with van der Waals surface area (Å²) in [4.78, 5) is 16.4. The van der Waals surface area contributed by atoms with Crippen LogP contribution in [0, 0.1) is 5.92 Å². The number of anilines is 1. The second-order valence-corrected chi connectivity index (χ2v) is 6.11. The van der Waals surface area contributed by atoms with Crippen molar-refractivity contribution >= 4 is 22.7 Å². The first-order chi connectivity index (χ1) is 9.86. The quantitative estimate of drug-likeness (QED) is 0.885. The van der Waals surface area contributed by atoms with E-state index in [9.17, 15) is 4.79 Å². The summed E-state index contributed by atoms with van der Waals surface area (Å²) in [5.41, 5.74) is 8.04. The van der Waals surface area contributed by atoms with Crippen molar-refractivity contribution in [2.75, 3.05) is 5.32 Å². The van der Waals surface area contributed by atoms with E-state index >= 15 is 0 Å². The van der Waals surface area contributed by atoms with Crippen LogP contribution in [0.1, 0.15) is 45.9 Å². The fraction of sp³-hybridized carbons (Fsp3) is 0.500. The average Bonchev–Trinajstić information content (AvgIpc) is 2.81. The highest BCUT2D eigenvalue weighted by Gasteiger charge is 2.16. The standard InChI is InChI=1S/C16H23N3O2/c1-9(2)7-12(17)15(20)18-11-5-6-14-13(8-11)19-16(21-14)10(3)4/h5-6,8-10,12H,7,17H2,1-4H3,(H,18,20). The lowest BCUT2D eigenvalue weighted by molar-refractivity contribution is -0.117. The number of carbonyl (C=O) groups excluding carboxylic acids is 1. The number of carbonyl (C=O) groups is 1. The number of hydrogen-bond acceptors (Lipinski definition) is 4. The summed E-state index contributed by atoms with van der Waals surface area (Å²) in [6.45, 7) is 8.14. The zero-order valence-electron chi connectivity index (χ0n) is 13.0. The number of aromatic nitrogens is 1. The Balaban J connectivity index is 2.13. The van der Waals surface area contributed by atoms with Crippen LogP contribution in [0.2, 0.25) is 0 Å². The van der Waals surface area contributed by atoms with E-state index in [0.29, 0.717) is 23.9 Å². The Kier molecular flexibility index (Phi) is 4.63. The topological polar surface area (TPSA) is 81.2 Å². The predicted molar refractivity (Wildman–Crippen MR) is 84.2 cm³/mol. The maximum Gasteiger partial charge on any atom is 0.241 e. The molecule has 0 radical (unpaired) electrons. The predicted octanol–water partition coefficient (Wildman–Crippen LogP) is 3.26. The largest absolute Gasteiger partial charge is 0.440 e. The summed E-state index contributed by atoms with van der Waals surface area (Å²) < 4.78 is 5.64. The van der Waals surface area contributed by atoms with Gasteiger partial charge < -0.3 is 15.5 Å². The molecule has 1 unspecified atom stereocenters. The van der Waals surface area contributed by atoms with Crippen LogP contribution in [0.3, 0.4) is 0 Å². The van der Waals surface area contributed by atoms with E-state index in [0.717, 1.165) is 11.1 Å². The molecular weight excluding hydrogens is 266 g/mol. The summed E-state index contributed by atoms with van der Waals surface area (Å²) in [6, 6.07) is 4.93. The van der Waals surface area contributed by atoms with Gasteiger partial charge in [-0.1, -0.05) is 27.7 Å². The molecule has 2 rings (SSSR count). The van der Waals surface area contributed by atoms with Crippen LogP contribution < -0.4 is 11.1 Å². The zero-order valence-corrected chi connectivity index (χ0v) is 13.0. The van der Waals surface area contributed by atoms with Gasteiger partial charge >= 0.3 is 0 Å². The number of oxazole rings is 1. The smallest absolute Gasteiger partial charge is 0.241 e. The molecule has 1 heterocycles. The van der Waals surface area contributed by atoms with Gasteiger partial charge in [0.15, 0.2) is 11.5 Å². The molecule has 5 heteroatoms. The van der Waals surface area contributed by atoms with E-state index in [2.05, 4.69) is 10.3 Å². The molecule has 3 N–H and O–H groups in total. The van der Waals surface area contributed by atoms with Gasteiger partial charge in [0.25, 0.3) is 0 Å². The minimum absolute atomic E-state index is 0.171. The van der Waals surface area contributed by atoms with Crippen LogP contribution >= 0.6 is 0 Å². The van der Waals surface area contributed by atoms with E-state index in [1.165, 1.54) is 0 Å². The Morgan fingerprint density at radius 1 is 1.33 bits per heavy atom. The minimum Gasteiger partial charge on any atom is -0.440 e. The van der Waals surface area contributed by atoms with E-state index < -0.39 is 6.04 Å². The summed E-state index contributed by atoms with van der Waals surface area (Å²) in [6.07, 6.45) is 0.662. The lowest BCUT2D eigenvalue weighted by Crippen LogP contribution is -2.36. The van der Waals surface area contributed by atoms with Crippen LogP contribution in [0.15, 0.2) is 22.6 Å². The normalized spacial score (nSPS) is 13.1. The van der Waals surface area contributed by atoms with Crippen molar-refractivity contribution in [3.8, 4) is 0 Å². The summed E-state index contributed by atoms with van der Waals surface area (Å²) in [5, 5.41) is 2.83. The molecule has 5 nitrogen and oxygen atoms in total. The molecular formula is C16H23N3O2. The van der Waals surface area contributed by atoms with E-state index in [1.54, 1.807) is 6.07 Å². The summed E-state index contributed by atoms with van der Waals surface area (Å²) in [5.74, 6) is 1.15. The maximum atomic E-state index is 12.0. The first kappa shape index (κ1) is 15.5. The minimum atomic E-state index is -0.496. The average molecular weight is 289 g/mol. The third-order valence-electron chi connectivity index (χ3n) is 3.23. The Morgan fingerprint density at radius 2 is 2.05 bits per heavy atom. The number of rotatable bonds is 5. The monoisotopic (exact) mass is 289 g/mol. The van der Waals surface area contributed by atoms with Crippen LogP contribution in [-0.4, -0.2) is 16.9 Å². The number of fused-ring (bicyclic) bond motifs is 1. The SMILES string of the molecule is CC(C)CC(N)C(=O)Nc1ccc2oc(C(C)C)nc2c1. The Morgan fingerprint density at radius 3 is 2.67 bits per heavy atom. The van der Waals surface area contributed by atoms with Gasteiger partial charge in [-0.25, -0.2) is 4.98 Å². The molecule has 0 fully saturated rings. The molecule has 0 saturated carbocycles. The number of nitrogens with one attached hydrogen (secondary N) is 1. The molecule has 0 bridgehead atoms. The zero-order chi connectivity index (χ0) is 15.6. The molecule has 0 aliphatic carbocycles. The fourth-order valence-electron chi connectivity index (χ4n) is 2.12. The van der Waals surface area contributed by atoms with Gasteiger partial charge in [0.2, 0.25) is 5.91 Å². The summed E-state index contributed by atoms with van der Waals surface area (Å²) in [7, 11) is 0. The first-order valence-corrected chi connectivity index (χ1v) is 7.33. The highest BCUT2D eigenvalue weighted by atomic mass is 16.3. The Bertz CT molecular complexity index is 631. The highest BCUT2D eigenvalue weighted by molar-refractivity contribution is 5.96. The molecule has 0 aliphatic rings. The van der Waals surface area contributed by atoms with E-state index in [-0.39, 0.29) is 11.8 Å². The van der Waals surface area contributed by atoms with Gasteiger partial charge in [0.1, 0.15) is 5.52 Å². The fourth-order valence-corrected chi connectivity index (χ4v) is 2.12. The number of amides is 1. The second kappa shape index (κ2) is 6.26. The molecule has 0 aliphatic heterocycles. The molecule has 21 heavy (non-hydrogen) atoms. The molecule has 1 atom stereocenters. The van der Waals surface area contributed by atoms with Gasteiger partial charge in [-0.3, -0.25) is 4.79 Å². The molecule has 1 amide bonds. The van der Waals surface area contributed by atoms with Crippen molar-refractivity contribution in [1.82, 2.24) is 4.98 Å². The van der Waals surface area contributed by atoms with Crippen molar-refractivity contribution < 1.29 is 9.21 Å². The number of nitrogens with zero attached hydrogens (tertiary/aromatic N) is 1. The van der Waals surface area contributed by atoms with Gasteiger partial charge in [-0.15, -0.1) is 0 Å². The van der Waals surface area contributed by atoms with Crippen LogP contribution in [0.25, 0.3) is 11.1 Å². The van der Waals surface area contributed by atoms with Crippen molar-refractivity contribution in [3.05, 3.63) is 24.1 Å². The van der Waals surface area contributed by atoms with E-state index in [1.807, 2.05) is 39.8 Å². The lowest BCUT2D eigenvalue weighted by atomic mass is 10.0. The first-order valence-electron chi connectivity index (χ1n) is 7.33.